The third-order valence-corrected chi connectivity index (χ3v) is 10.1. The SMILES string of the molecule is CC/C=C/C/C=C/C/C=C/C/C=C/C/C=C/CCCCCC(=O)O[C@@H](COC(=O)CCCCC/C=C/C/C=C/C/C=C/C/C=C/CCCCC)CO[C@H]1O[C@@H](CO)[C@@H](O)C(O)C1O. The fourth-order valence-corrected chi connectivity index (χ4v) is 6.37. The minimum Gasteiger partial charge on any atom is -0.462 e. The van der Waals surface area contributed by atoms with Crippen molar-refractivity contribution in [3.8, 4) is 0 Å². The van der Waals surface area contributed by atoms with Gasteiger partial charge in [0, 0.05) is 12.8 Å². The number of aliphatic hydroxyl groups excluding tert-OH is 4. The molecule has 0 bridgehead atoms. The van der Waals surface area contributed by atoms with Gasteiger partial charge in [-0.3, -0.25) is 9.59 Å². The number of rotatable bonds is 38. The number of aliphatic hydroxyl groups is 4. The molecule has 1 saturated heterocycles. The van der Waals surface area contributed by atoms with Crippen molar-refractivity contribution in [1.82, 2.24) is 0 Å². The van der Waals surface area contributed by atoms with E-state index in [1.807, 2.05) is 0 Å². The zero-order valence-electron chi connectivity index (χ0n) is 38.8. The summed E-state index contributed by atoms with van der Waals surface area (Å²) < 4.78 is 22.1. The first-order valence-corrected chi connectivity index (χ1v) is 24.0. The average molecular weight is 881 g/mol. The van der Waals surface area contributed by atoms with Gasteiger partial charge in [0.2, 0.25) is 0 Å². The van der Waals surface area contributed by atoms with Gasteiger partial charge in [-0.1, -0.05) is 149 Å². The van der Waals surface area contributed by atoms with Crippen molar-refractivity contribution in [3.63, 3.8) is 0 Å². The molecule has 4 N–H and O–H groups in total. The molecule has 0 aliphatic carbocycles. The van der Waals surface area contributed by atoms with E-state index in [0.717, 1.165) is 89.9 Å². The molecule has 1 aliphatic rings. The first-order valence-electron chi connectivity index (χ1n) is 24.0. The van der Waals surface area contributed by atoms with Crippen molar-refractivity contribution in [3.05, 3.63) is 109 Å². The van der Waals surface area contributed by atoms with Crippen molar-refractivity contribution < 1.29 is 49.0 Å². The Bertz CT molecular complexity index is 1390. The van der Waals surface area contributed by atoms with Crippen molar-refractivity contribution in [2.75, 3.05) is 19.8 Å². The standard InChI is InChI=1S/C53H84O10/c1-3-5-7-9-11-13-15-17-19-21-23-25-27-29-31-33-35-37-39-41-48(55)60-44-46(45-61-53-52(59)51(58)50(57)47(43-54)63-53)62-49(56)42-40-38-36-34-32-30-28-26-24-22-20-18-16-14-12-10-8-6-4-2/h6,8,11-14,17-20,23-26,29-32,46-47,50-54,57-59H,3-5,7,9-10,15-16,21-22,27-28,33-45H2,1-2H3/b8-6+,13-11+,14-12+,19-17+,20-18+,25-23+,26-24+,31-29+,32-30+/t46-,47-,50+,51?,52?,53-/m0/s1. The highest BCUT2D eigenvalue weighted by atomic mass is 16.7. The summed E-state index contributed by atoms with van der Waals surface area (Å²) in [4.78, 5) is 25.4. The predicted molar refractivity (Wildman–Crippen MR) is 256 cm³/mol. The van der Waals surface area contributed by atoms with Crippen LogP contribution >= 0.6 is 0 Å². The third kappa shape index (κ3) is 33.5. The summed E-state index contributed by atoms with van der Waals surface area (Å²) in [6.45, 7) is 3.20. The Kier molecular flexibility index (Phi) is 38.5. The Morgan fingerprint density at radius 2 is 0.937 bits per heavy atom. The largest absolute Gasteiger partial charge is 0.462 e. The molecule has 2 unspecified atom stereocenters. The number of carbonyl (C=O) groups is 2. The number of hydrogen-bond acceptors (Lipinski definition) is 10. The van der Waals surface area contributed by atoms with Crippen LogP contribution in [0.25, 0.3) is 0 Å². The van der Waals surface area contributed by atoms with Gasteiger partial charge in [-0.15, -0.1) is 0 Å². The maximum Gasteiger partial charge on any atom is 0.306 e. The van der Waals surface area contributed by atoms with Crippen molar-refractivity contribution in [1.29, 1.82) is 0 Å². The van der Waals surface area contributed by atoms with Crippen LogP contribution in [-0.2, 0) is 28.5 Å². The number of esters is 2. The summed E-state index contributed by atoms with van der Waals surface area (Å²) in [5.41, 5.74) is 0. The lowest BCUT2D eigenvalue weighted by atomic mass is 9.99. The molecule has 10 heteroatoms. The number of unbranched alkanes of at least 4 members (excludes halogenated alkanes) is 9. The van der Waals surface area contributed by atoms with Gasteiger partial charge in [0.15, 0.2) is 12.4 Å². The molecular weight excluding hydrogens is 797 g/mol. The van der Waals surface area contributed by atoms with E-state index < -0.39 is 55.4 Å². The highest BCUT2D eigenvalue weighted by molar-refractivity contribution is 5.70. The van der Waals surface area contributed by atoms with Crippen molar-refractivity contribution in [2.45, 2.75) is 192 Å². The number of hydrogen-bond donors (Lipinski definition) is 4. The Morgan fingerprint density at radius 3 is 1.38 bits per heavy atom. The Balaban J connectivity index is 2.37. The molecule has 1 fully saturated rings. The molecule has 1 aliphatic heterocycles. The second kappa shape index (κ2) is 42.3. The van der Waals surface area contributed by atoms with Gasteiger partial charge in [-0.2, -0.15) is 0 Å². The third-order valence-electron chi connectivity index (χ3n) is 10.1. The molecule has 0 amide bonds. The lowest BCUT2D eigenvalue weighted by Gasteiger charge is -2.39. The Labute approximate surface area is 380 Å². The van der Waals surface area contributed by atoms with Crippen LogP contribution in [0, 0.1) is 0 Å². The first kappa shape index (κ1) is 57.4. The molecule has 0 saturated carbocycles. The van der Waals surface area contributed by atoms with Crippen LogP contribution in [0.4, 0.5) is 0 Å². The van der Waals surface area contributed by atoms with Gasteiger partial charge < -0.3 is 39.4 Å². The topological polar surface area (TPSA) is 152 Å². The molecule has 6 atom stereocenters. The van der Waals surface area contributed by atoms with E-state index in [1.54, 1.807) is 0 Å². The fraction of sp³-hybridized carbons (Fsp3) is 0.623. The molecule has 0 aromatic carbocycles. The molecule has 0 aromatic heterocycles. The molecule has 1 heterocycles. The Hall–Kier alpha value is -3.64. The number of carbonyl (C=O) groups excluding carboxylic acids is 2. The van der Waals surface area contributed by atoms with Gasteiger partial charge in [0.05, 0.1) is 13.2 Å². The molecule has 0 aromatic rings. The van der Waals surface area contributed by atoms with Crippen LogP contribution < -0.4 is 0 Å². The second-order valence-electron chi connectivity index (χ2n) is 15.8. The monoisotopic (exact) mass is 881 g/mol. The van der Waals surface area contributed by atoms with Gasteiger partial charge in [0.1, 0.15) is 31.0 Å². The summed E-state index contributed by atoms with van der Waals surface area (Å²) >= 11 is 0. The minimum absolute atomic E-state index is 0.176. The number of ether oxygens (including phenoxy) is 4. The zero-order valence-corrected chi connectivity index (χ0v) is 38.8. The fourth-order valence-electron chi connectivity index (χ4n) is 6.37. The predicted octanol–water partition coefficient (Wildman–Crippen LogP) is 10.9. The summed E-state index contributed by atoms with van der Waals surface area (Å²) in [5.74, 6) is -0.892. The van der Waals surface area contributed by atoms with Crippen LogP contribution in [0.15, 0.2) is 109 Å². The maximum absolute atomic E-state index is 12.8. The zero-order chi connectivity index (χ0) is 45.9. The highest BCUT2D eigenvalue weighted by Crippen LogP contribution is 2.22. The van der Waals surface area contributed by atoms with Gasteiger partial charge >= 0.3 is 11.9 Å². The van der Waals surface area contributed by atoms with Gasteiger partial charge in [0.25, 0.3) is 0 Å². The van der Waals surface area contributed by atoms with Crippen LogP contribution in [0.2, 0.25) is 0 Å². The Morgan fingerprint density at radius 1 is 0.508 bits per heavy atom. The lowest BCUT2D eigenvalue weighted by Crippen LogP contribution is -2.59. The van der Waals surface area contributed by atoms with Crippen molar-refractivity contribution >= 4 is 11.9 Å². The first-order chi connectivity index (χ1) is 30.8. The molecular formula is C53H84O10. The summed E-state index contributed by atoms with van der Waals surface area (Å²) in [6, 6.07) is 0. The van der Waals surface area contributed by atoms with Gasteiger partial charge in [-0.05, 0) is 103 Å². The molecule has 0 radical (unpaired) electrons. The molecule has 356 valence electrons. The van der Waals surface area contributed by atoms with E-state index >= 15 is 0 Å². The quantitative estimate of drug-likeness (QED) is 0.0268. The maximum atomic E-state index is 12.8. The molecule has 1 rings (SSSR count). The summed E-state index contributed by atoms with van der Waals surface area (Å²) in [6.07, 6.45) is 50.9. The minimum atomic E-state index is -1.61. The van der Waals surface area contributed by atoms with E-state index in [1.165, 1.54) is 25.7 Å². The van der Waals surface area contributed by atoms with E-state index in [2.05, 4.69) is 123 Å². The van der Waals surface area contributed by atoms with Crippen LogP contribution in [0.3, 0.4) is 0 Å². The van der Waals surface area contributed by atoms with Crippen LogP contribution in [-0.4, -0.2) is 89.0 Å². The van der Waals surface area contributed by atoms with E-state index in [0.29, 0.717) is 12.8 Å². The summed E-state index contributed by atoms with van der Waals surface area (Å²) in [5, 5.41) is 40.1. The van der Waals surface area contributed by atoms with E-state index in [4.69, 9.17) is 18.9 Å². The molecule has 63 heavy (non-hydrogen) atoms. The number of allylic oxidation sites excluding steroid dienone is 18. The smallest absolute Gasteiger partial charge is 0.306 e. The van der Waals surface area contributed by atoms with Crippen LogP contribution in [0.1, 0.15) is 155 Å². The normalized spacial score (nSPS) is 20.5. The lowest BCUT2D eigenvalue weighted by molar-refractivity contribution is -0.305. The highest BCUT2D eigenvalue weighted by Gasteiger charge is 2.44. The van der Waals surface area contributed by atoms with Crippen LogP contribution in [0.5, 0.6) is 0 Å². The summed E-state index contributed by atoms with van der Waals surface area (Å²) in [7, 11) is 0. The molecule has 10 nitrogen and oxygen atoms in total. The molecule has 0 spiro atoms. The van der Waals surface area contributed by atoms with Gasteiger partial charge in [-0.25, -0.2) is 0 Å². The van der Waals surface area contributed by atoms with E-state index in [-0.39, 0.29) is 26.1 Å². The second-order valence-corrected chi connectivity index (χ2v) is 15.8. The van der Waals surface area contributed by atoms with E-state index in [9.17, 15) is 30.0 Å². The van der Waals surface area contributed by atoms with Crippen molar-refractivity contribution in [2.24, 2.45) is 0 Å². The average Bonchev–Trinajstić information content (AvgIpc) is 3.28.